The highest BCUT2D eigenvalue weighted by molar-refractivity contribution is 8.00. The van der Waals surface area contributed by atoms with E-state index in [9.17, 15) is 0 Å². The highest BCUT2D eigenvalue weighted by atomic mass is 32.2. The average Bonchev–Trinajstić information content (AvgIpc) is 2.20. The molecule has 1 rings (SSSR count). The summed E-state index contributed by atoms with van der Waals surface area (Å²) < 4.78 is 0.400. The molecule has 0 saturated heterocycles. The van der Waals surface area contributed by atoms with Crippen molar-refractivity contribution in [3.63, 3.8) is 0 Å². The Hall–Kier alpha value is 0.310. The topological polar surface area (TPSA) is 12.0 Å². The molecule has 0 aromatic carbocycles. The minimum absolute atomic E-state index is 0.400. The van der Waals surface area contributed by atoms with Gasteiger partial charge in [-0.05, 0) is 31.7 Å². The molecule has 0 radical (unpaired) electrons. The summed E-state index contributed by atoms with van der Waals surface area (Å²) in [6.07, 6.45) is 5.72. The van der Waals surface area contributed by atoms with Crippen molar-refractivity contribution in [2.45, 2.75) is 64.2 Å². The van der Waals surface area contributed by atoms with Crippen LogP contribution in [0, 0.1) is 11.8 Å². The van der Waals surface area contributed by atoms with Crippen LogP contribution >= 0.6 is 11.8 Å². The predicted molar refractivity (Wildman–Crippen MR) is 76.2 cm³/mol. The lowest BCUT2D eigenvalue weighted by Gasteiger charge is -2.33. The van der Waals surface area contributed by atoms with Crippen LogP contribution in [0.3, 0.4) is 0 Å². The zero-order chi connectivity index (χ0) is 12.2. The molecule has 0 amide bonds. The zero-order valence-corrected chi connectivity index (χ0v) is 12.5. The molecule has 0 aliphatic heterocycles. The summed E-state index contributed by atoms with van der Waals surface area (Å²) in [5, 5.41) is 3.54. The Balaban J connectivity index is 2.36. The standard InChI is InChI=1S/C14H29NS/c1-11-6-8-12(9-7-11)13(15-5)10-16-14(2,3)4/h11-13,15H,6-10H2,1-5H3. The van der Waals surface area contributed by atoms with Crippen LogP contribution in [0.5, 0.6) is 0 Å². The fraction of sp³-hybridized carbons (Fsp3) is 1.00. The molecular weight excluding hydrogens is 214 g/mol. The summed E-state index contributed by atoms with van der Waals surface area (Å²) in [6, 6.07) is 0.719. The molecule has 1 saturated carbocycles. The van der Waals surface area contributed by atoms with E-state index in [-0.39, 0.29) is 0 Å². The van der Waals surface area contributed by atoms with Gasteiger partial charge in [-0.3, -0.25) is 0 Å². The van der Waals surface area contributed by atoms with Gasteiger partial charge in [0.15, 0.2) is 0 Å². The van der Waals surface area contributed by atoms with Crippen LogP contribution in [0.2, 0.25) is 0 Å². The van der Waals surface area contributed by atoms with Crippen molar-refractivity contribution in [1.29, 1.82) is 0 Å². The average molecular weight is 243 g/mol. The number of rotatable bonds is 4. The first-order chi connectivity index (χ1) is 7.42. The Morgan fingerprint density at radius 3 is 2.19 bits per heavy atom. The minimum Gasteiger partial charge on any atom is -0.316 e. The molecule has 0 aromatic heterocycles. The van der Waals surface area contributed by atoms with Gasteiger partial charge < -0.3 is 5.32 Å². The van der Waals surface area contributed by atoms with Crippen molar-refractivity contribution < 1.29 is 0 Å². The molecule has 1 N–H and O–H groups in total. The number of nitrogens with one attached hydrogen (secondary N) is 1. The Morgan fingerprint density at radius 2 is 1.75 bits per heavy atom. The second-order valence-electron chi connectivity index (χ2n) is 6.34. The molecule has 0 spiro atoms. The summed E-state index contributed by atoms with van der Waals surface area (Å²) in [4.78, 5) is 0. The monoisotopic (exact) mass is 243 g/mol. The van der Waals surface area contributed by atoms with E-state index in [1.165, 1.54) is 31.4 Å². The van der Waals surface area contributed by atoms with Gasteiger partial charge in [-0.25, -0.2) is 0 Å². The summed E-state index contributed by atoms with van der Waals surface area (Å²) in [7, 11) is 2.13. The molecule has 1 unspecified atom stereocenters. The Bertz CT molecular complexity index is 189. The molecule has 0 bridgehead atoms. The van der Waals surface area contributed by atoms with Gasteiger partial charge in [0.1, 0.15) is 0 Å². The fourth-order valence-electron chi connectivity index (χ4n) is 2.48. The Labute approximate surface area is 106 Å². The number of thioether (sulfide) groups is 1. The fourth-order valence-corrected chi connectivity index (χ4v) is 3.60. The maximum atomic E-state index is 3.54. The summed E-state index contributed by atoms with van der Waals surface area (Å²) >= 11 is 2.10. The SMILES string of the molecule is CNC(CSC(C)(C)C)C1CCC(C)CC1. The molecule has 96 valence electrons. The van der Waals surface area contributed by atoms with Crippen LogP contribution in [0.25, 0.3) is 0 Å². The minimum atomic E-state index is 0.400. The first-order valence-electron chi connectivity index (χ1n) is 6.73. The van der Waals surface area contributed by atoms with Gasteiger partial charge in [-0.1, -0.05) is 40.5 Å². The van der Waals surface area contributed by atoms with Crippen molar-refractivity contribution >= 4 is 11.8 Å². The Kier molecular flexibility index (Phi) is 5.66. The third-order valence-corrected chi connectivity index (χ3v) is 5.09. The van der Waals surface area contributed by atoms with Crippen LogP contribution in [0.1, 0.15) is 53.4 Å². The molecule has 0 aromatic rings. The summed E-state index contributed by atoms with van der Waals surface area (Å²) in [5.41, 5.74) is 0. The van der Waals surface area contributed by atoms with Crippen molar-refractivity contribution in [3.8, 4) is 0 Å². The normalized spacial score (nSPS) is 29.1. The van der Waals surface area contributed by atoms with Gasteiger partial charge in [0.2, 0.25) is 0 Å². The lowest BCUT2D eigenvalue weighted by molar-refractivity contribution is 0.247. The maximum absolute atomic E-state index is 3.54. The van der Waals surface area contributed by atoms with Gasteiger partial charge >= 0.3 is 0 Å². The molecule has 0 heterocycles. The Morgan fingerprint density at radius 1 is 1.19 bits per heavy atom. The van der Waals surface area contributed by atoms with E-state index in [0.717, 1.165) is 17.9 Å². The maximum Gasteiger partial charge on any atom is 0.0183 e. The van der Waals surface area contributed by atoms with Crippen LogP contribution in [0.4, 0.5) is 0 Å². The van der Waals surface area contributed by atoms with Crippen molar-refractivity contribution in [3.05, 3.63) is 0 Å². The number of hydrogen-bond acceptors (Lipinski definition) is 2. The first kappa shape index (κ1) is 14.4. The van der Waals surface area contributed by atoms with Gasteiger partial charge in [0.05, 0.1) is 0 Å². The largest absolute Gasteiger partial charge is 0.316 e. The van der Waals surface area contributed by atoms with Crippen molar-refractivity contribution in [2.75, 3.05) is 12.8 Å². The van der Waals surface area contributed by atoms with E-state index in [2.05, 4.69) is 51.8 Å². The van der Waals surface area contributed by atoms with E-state index in [0.29, 0.717) is 4.75 Å². The van der Waals surface area contributed by atoms with Gasteiger partial charge in [0.25, 0.3) is 0 Å². The third kappa shape index (κ3) is 5.09. The quantitative estimate of drug-likeness (QED) is 0.803. The molecule has 2 heteroatoms. The smallest absolute Gasteiger partial charge is 0.0183 e. The highest BCUT2D eigenvalue weighted by Gasteiger charge is 2.26. The molecule has 1 atom stereocenters. The lowest BCUT2D eigenvalue weighted by atomic mass is 9.80. The van der Waals surface area contributed by atoms with Crippen molar-refractivity contribution in [2.24, 2.45) is 11.8 Å². The zero-order valence-electron chi connectivity index (χ0n) is 11.7. The molecule has 1 fully saturated rings. The van der Waals surface area contributed by atoms with Crippen LogP contribution in [-0.4, -0.2) is 23.6 Å². The molecule has 16 heavy (non-hydrogen) atoms. The number of hydrogen-bond donors (Lipinski definition) is 1. The lowest BCUT2D eigenvalue weighted by Crippen LogP contribution is -2.38. The van der Waals surface area contributed by atoms with Crippen LogP contribution in [-0.2, 0) is 0 Å². The van der Waals surface area contributed by atoms with Crippen molar-refractivity contribution in [1.82, 2.24) is 5.32 Å². The van der Waals surface area contributed by atoms with Gasteiger partial charge in [-0.15, -0.1) is 0 Å². The summed E-state index contributed by atoms with van der Waals surface area (Å²) in [5.74, 6) is 3.14. The highest BCUT2D eigenvalue weighted by Crippen LogP contribution is 2.33. The molecular formula is C14H29NS. The molecule has 1 aliphatic carbocycles. The molecule has 1 nitrogen and oxygen atoms in total. The van der Waals surface area contributed by atoms with E-state index >= 15 is 0 Å². The third-order valence-electron chi connectivity index (χ3n) is 3.70. The summed E-state index contributed by atoms with van der Waals surface area (Å²) in [6.45, 7) is 9.34. The molecule has 1 aliphatic rings. The second kappa shape index (κ2) is 6.30. The van der Waals surface area contributed by atoms with E-state index < -0.39 is 0 Å². The first-order valence-corrected chi connectivity index (χ1v) is 7.72. The van der Waals surface area contributed by atoms with Crippen LogP contribution in [0.15, 0.2) is 0 Å². The van der Waals surface area contributed by atoms with E-state index in [1.54, 1.807) is 0 Å². The van der Waals surface area contributed by atoms with E-state index in [4.69, 9.17) is 0 Å². The predicted octanol–water partition coefficient (Wildman–Crippen LogP) is 3.93. The second-order valence-corrected chi connectivity index (χ2v) is 8.19. The van der Waals surface area contributed by atoms with Crippen LogP contribution < -0.4 is 5.32 Å². The van der Waals surface area contributed by atoms with Gasteiger partial charge in [0, 0.05) is 16.5 Å². The van der Waals surface area contributed by atoms with Gasteiger partial charge in [-0.2, -0.15) is 11.8 Å². The van der Waals surface area contributed by atoms with E-state index in [1.807, 2.05) is 0 Å².